The largest absolute Gasteiger partial charge is 0.463 e. The Morgan fingerprint density at radius 1 is 0.534 bits per heavy atom. The van der Waals surface area contributed by atoms with Crippen LogP contribution in [0.3, 0.4) is 0 Å². The van der Waals surface area contributed by atoms with E-state index < -0.39 is 0 Å². The molecule has 0 saturated heterocycles. The number of imidazole rings is 1. The third-order valence-corrected chi connectivity index (χ3v) is 12.1. The maximum atomic E-state index is 12.9. The number of rotatable bonds is 44. The first kappa shape index (κ1) is 54.1. The van der Waals surface area contributed by atoms with Gasteiger partial charge < -0.3 is 18.9 Å². The molecule has 1 atom stereocenters. The number of aryl methyl sites for hydroxylation is 2. The molecule has 1 unspecified atom stereocenters. The van der Waals surface area contributed by atoms with E-state index in [1.807, 2.05) is 6.20 Å². The first-order valence-electron chi connectivity index (χ1n) is 25.5. The van der Waals surface area contributed by atoms with Gasteiger partial charge in [0.25, 0.3) is 0 Å². The van der Waals surface area contributed by atoms with Crippen LogP contribution in [0.5, 0.6) is 0 Å². The van der Waals surface area contributed by atoms with Crippen LogP contribution in [0.2, 0.25) is 0 Å². The van der Waals surface area contributed by atoms with Crippen molar-refractivity contribution >= 4 is 11.9 Å². The molecule has 0 fully saturated rings. The smallest absolute Gasteiger partial charge is 0.306 e. The number of unbranched alkanes of at least 4 members (excludes halogenated alkanes) is 24. The first-order valence-corrected chi connectivity index (χ1v) is 25.5. The van der Waals surface area contributed by atoms with E-state index in [-0.39, 0.29) is 24.1 Å². The zero-order valence-corrected chi connectivity index (χ0v) is 39.4. The Balaban J connectivity index is 2.30. The topological polar surface area (TPSA) is 73.7 Å². The minimum atomic E-state index is -0.0130. The molecule has 1 aromatic heterocycles. The predicted octanol–water partition coefficient (Wildman–Crippen LogP) is 15.1. The van der Waals surface area contributed by atoms with E-state index in [4.69, 9.17) is 9.47 Å². The van der Waals surface area contributed by atoms with Crippen LogP contribution < -0.4 is 0 Å². The van der Waals surface area contributed by atoms with Crippen molar-refractivity contribution in [2.75, 3.05) is 19.6 Å². The lowest BCUT2D eigenvalue weighted by molar-refractivity contribution is -0.150. The summed E-state index contributed by atoms with van der Waals surface area (Å²) in [6.45, 7) is 15.4. The molecule has 7 heteroatoms. The second-order valence-electron chi connectivity index (χ2n) is 17.8. The Morgan fingerprint density at radius 3 is 1.40 bits per heavy atom. The van der Waals surface area contributed by atoms with Crippen LogP contribution in [0.15, 0.2) is 12.4 Å². The van der Waals surface area contributed by atoms with Crippen LogP contribution >= 0.6 is 0 Å². The Hall–Kier alpha value is -1.89. The minimum Gasteiger partial charge on any atom is -0.463 e. The lowest BCUT2D eigenvalue weighted by Crippen LogP contribution is -2.28. The number of ether oxygens (including phenoxy) is 2. The van der Waals surface area contributed by atoms with E-state index >= 15 is 0 Å². The monoisotopic (exact) mass is 816 g/mol. The van der Waals surface area contributed by atoms with E-state index in [9.17, 15) is 9.59 Å². The van der Waals surface area contributed by atoms with Gasteiger partial charge in [0.15, 0.2) is 0 Å². The second kappa shape index (κ2) is 40.5. The van der Waals surface area contributed by atoms with Gasteiger partial charge in [-0.1, -0.05) is 162 Å². The van der Waals surface area contributed by atoms with Crippen LogP contribution in [-0.4, -0.2) is 58.2 Å². The number of hydrogen-bond acceptors (Lipinski definition) is 6. The summed E-state index contributed by atoms with van der Waals surface area (Å²) >= 11 is 0. The third kappa shape index (κ3) is 33.9. The van der Waals surface area contributed by atoms with E-state index in [2.05, 4.69) is 55.3 Å². The van der Waals surface area contributed by atoms with Crippen molar-refractivity contribution in [3.8, 4) is 0 Å². The number of carbonyl (C=O) groups excluding carboxylic acids is 2. The van der Waals surface area contributed by atoms with Crippen LogP contribution in [-0.2, 0) is 25.6 Å². The molecular formula is C51H97N3O4. The second-order valence-corrected chi connectivity index (χ2v) is 17.8. The van der Waals surface area contributed by atoms with E-state index in [0.717, 1.165) is 89.8 Å². The molecule has 0 aliphatic heterocycles. The molecule has 58 heavy (non-hydrogen) atoms. The highest BCUT2D eigenvalue weighted by molar-refractivity contribution is 5.69. The van der Waals surface area contributed by atoms with Crippen molar-refractivity contribution in [3.63, 3.8) is 0 Å². The summed E-state index contributed by atoms with van der Waals surface area (Å²) in [6, 6.07) is 0. The van der Waals surface area contributed by atoms with Crippen molar-refractivity contribution in [2.24, 2.45) is 0 Å². The van der Waals surface area contributed by atoms with Gasteiger partial charge in [0.05, 0.1) is 6.10 Å². The van der Waals surface area contributed by atoms with Crippen molar-refractivity contribution < 1.29 is 19.1 Å². The predicted molar refractivity (Wildman–Crippen MR) is 247 cm³/mol. The summed E-state index contributed by atoms with van der Waals surface area (Å²) in [5, 5.41) is 0. The molecule has 7 nitrogen and oxygen atoms in total. The Bertz CT molecular complexity index is 1030. The summed E-state index contributed by atoms with van der Waals surface area (Å²) in [5.74, 6) is 1.11. The summed E-state index contributed by atoms with van der Waals surface area (Å²) in [4.78, 5) is 32.3. The normalized spacial score (nSPS) is 12.2. The molecule has 0 spiro atoms. The van der Waals surface area contributed by atoms with Gasteiger partial charge in [-0.2, -0.15) is 0 Å². The summed E-state index contributed by atoms with van der Waals surface area (Å²) in [6.07, 6.45) is 45.4. The van der Waals surface area contributed by atoms with Gasteiger partial charge in [-0.3, -0.25) is 9.59 Å². The van der Waals surface area contributed by atoms with E-state index in [1.165, 1.54) is 154 Å². The van der Waals surface area contributed by atoms with Crippen LogP contribution in [0, 0.1) is 6.92 Å². The minimum absolute atomic E-state index is 0.0130. The fourth-order valence-corrected chi connectivity index (χ4v) is 8.25. The number of esters is 2. The highest BCUT2D eigenvalue weighted by atomic mass is 16.5. The van der Waals surface area contributed by atoms with Gasteiger partial charge >= 0.3 is 11.9 Å². The van der Waals surface area contributed by atoms with Crippen molar-refractivity contribution in [1.29, 1.82) is 0 Å². The quantitative estimate of drug-likeness (QED) is 0.0482. The Labute approximate surface area is 360 Å². The molecule has 0 amide bonds. The van der Waals surface area contributed by atoms with Crippen LogP contribution in [0.25, 0.3) is 0 Å². The fourth-order valence-electron chi connectivity index (χ4n) is 8.25. The Morgan fingerprint density at radius 2 is 0.931 bits per heavy atom. The molecule has 0 aliphatic carbocycles. The molecule has 1 heterocycles. The average Bonchev–Trinajstić information content (AvgIpc) is 3.62. The zero-order valence-electron chi connectivity index (χ0n) is 39.4. The van der Waals surface area contributed by atoms with Crippen molar-refractivity contribution in [2.45, 2.75) is 278 Å². The molecular weight excluding hydrogens is 719 g/mol. The standard InChI is InChI=1S/C51H97N3O4/c1-6-9-12-15-18-21-28-36-47(4)57-50(55)39-31-24-19-26-33-42-53(44-35-45-54-46-41-52-48(54)5)43-34-27-20-25-32-40-51(56)58-49(37-29-22-16-13-10-7-2)38-30-23-17-14-11-8-3/h41,46-47,49H,6-40,42-45H2,1-5H3. The number of aromatic nitrogens is 2. The molecule has 0 aliphatic rings. The summed E-state index contributed by atoms with van der Waals surface area (Å²) < 4.78 is 14.0. The van der Waals surface area contributed by atoms with Gasteiger partial charge in [-0.15, -0.1) is 0 Å². The number of hydrogen-bond donors (Lipinski definition) is 0. The molecule has 340 valence electrons. The molecule has 0 radical (unpaired) electrons. The van der Waals surface area contributed by atoms with Crippen LogP contribution in [0.4, 0.5) is 0 Å². The first-order chi connectivity index (χ1) is 28.4. The van der Waals surface area contributed by atoms with Gasteiger partial charge in [-0.25, -0.2) is 4.98 Å². The van der Waals surface area contributed by atoms with Gasteiger partial charge in [0.1, 0.15) is 11.9 Å². The number of carbonyl (C=O) groups is 2. The van der Waals surface area contributed by atoms with Crippen molar-refractivity contribution in [3.05, 3.63) is 18.2 Å². The Kier molecular flexibility index (Phi) is 37.8. The molecule has 0 saturated carbocycles. The van der Waals surface area contributed by atoms with Crippen LogP contribution in [0.1, 0.15) is 258 Å². The SMILES string of the molecule is CCCCCCCCCC(C)OC(=O)CCCCCCCN(CCCCCCCC(=O)OC(CCCCCCCC)CCCCCCCC)CCCn1ccnc1C. The van der Waals surface area contributed by atoms with Gasteiger partial charge in [0.2, 0.25) is 0 Å². The van der Waals surface area contributed by atoms with Crippen molar-refractivity contribution in [1.82, 2.24) is 14.5 Å². The lowest BCUT2D eigenvalue weighted by atomic mass is 10.0. The van der Waals surface area contributed by atoms with E-state index in [1.54, 1.807) is 0 Å². The third-order valence-electron chi connectivity index (χ3n) is 12.1. The highest BCUT2D eigenvalue weighted by Crippen LogP contribution is 2.19. The number of nitrogens with zero attached hydrogens (tertiary/aromatic N) is 3. The fraction of sp³-hybridized carbons (Fsp3) is 0.902. The molecule has 0 aromatic carbocycles. The summed E-state index contributed by atoms with van der Waals surface area (Å²) in [5.41, 5.74) is 0. The van der Waals surface area contributed by atoms with Gasteiger partial charge in [-0.05, 0) is 104 Å². The average molecular weight is 816 g/mol. The summed E-state index contributed by atoms with van der Waals surface area (Å²) in [7, 11) is 0. The van der Waals surface area contributed by atoms with Gasteiger partial charge in [0, 0.05) is 31.8 Å². The molecule has 0 N–H and O–H groups in total. The maximum absolute atomic E-state index is 12.9. The maximum Gasteiger partial charge on any atom is 0.306 e. The molecule has 1 aromatic rings. The molecule has 1 rings (SSSR count). The van der Waals surface area contributed by atoms with E-state index in [0.29, 0.717) is 12.8 Å². The zero-order chi connectivity index (χ0) is 42.2. The lowest BCUT2D eigenvalue weighted by Gasteiger charge is -2.22. The highest BCUT2D eigenvalue weighted by Gasteiger charge is 2.15. The molecule has 0 bridgehead atoms.